The van der Waals surface area contributed by atoms with E-state index < -0.39 is 0 Å². The summed E-state index contributed by atoms with van der Waals surface area (Å²) in [5.74, 6) is 0. The minimum atomic E-state index is 1.10. The van der Waals surface area contributed by atoms with Crippen LogP contribution < -0.4 is 4.90 Å². The Hall–Kier alpha value is -7.42. The zero-order valence-electron chi connectivity index (χ0n) is 30.7. The summed E-state index contributed by atoms with van der Waals surface area (Å²) in [6.45, 7) is 0. The number of benzene rings is 10. The third-order valence-electron chi connectivity index (χ3n) is 11.3. The Labute approximate surface area is 326 Å². The van der Waals surface area contributed by atoms with Crippen molar-refractivity contribution in [1.82, 2.24) is 4.57 Å². The maximum absolute atomic E-state index is 2.45. The van der Waals surface area contributed by atoms with Gasteiger partial charge < -0.3 is 9.47 Å². The minimum Gasteiger partial charge on any atom is -0.311 e. The molecule has 0 fully saturated rings. The quantitative estimate of drug-likeness (QED) is 0.149. The van der Waals surface area contributed by atoms with Crippen LogP contribution in [0.3, 0.4) is 0 Å². The Morgan fingerprint density at radius 2 is 0.732 bits per heavy atom. The Bertz CT molecular complexity index is 3060. The molecule has 0 atom stereocenters. The standard InChI is InChI=1S/C54H36N2/c1-3-10-37(11-4-1)40-20-27-47(28-21-40)55(48-29-22-41(23-30-48)38-12-5-2-6-13-38)49-31-24-42(25-32-49)46-34-45-19-18-43-16-9-17-51-53(43)54(45)52(36-46)56(51)50-33-26-39-14-7-8-15-44(39)35-50/h1-36H. The van der Waals surface area contributed by atoms with Crippen molar-refractivity contribution in [1.29, 1.82) is 0 Å². The van der Waals surface area contributed by atoms with E-state index in [9.17, 15) is 0 Å². The van der Waals surface area contributed by atoms with Crippen LogP contribution in [0.5, 0.6) is 0 Å². The van der Waals surface area contributed by atoms with Crippen molar-refractivity contribution in [2.24, 2.45) is 0 Å². The van der Waals surface area contributed by atoms with Crippen LogP contribution >= 0.6 is 0 Å². The Morgan fingerprint density at radius 1 is 0.268 bits per heavy atom. The molecule has 0 amide bonds. The molecular formula is C54H36N2. The third kappa shape index (κ3) is 5.42. The average molecular weight is 713 g/mol. The van der Waals surface area contributed by atoms with Gasteiger partial charge in [0, 0.05) is 33.5 Å². The van der Waals surface area contributed by atoms with E-state index in [0.717, 1.165) is 17.1 Å². The van der Waals surface area contributed by atoms with Crippen LogP contribution in [0.25, 0.3) is 82.4 Å². The number of nitrogens with zero attached hydrogens (tertiary/aromatic N) is 2. The summed E-state index contributed by atoms with van der Waals surface area (Å²) < 4.78 is 2.45. The highest BCUT2D eigenvalue weighted by molar-refractivity contribution is 6.25. The van der Waals surface area contributed by atoms with E-state index >= 15 is 0 Å². The van der Waals surface area contributed by atoms with Gasteiger partial charge in [0.05, 0.1) is 11.0 Å². The molecule has 0 saturated carbocycles. The molecule has 0 radical (unpaired) electrons. The molecule has 0 aliphatic rings. The SMILES string of the molecule is c1ccc(-c2ccc(N(c3ccc(-c4ccccc4)cc3)c3ccc(-c4cc5ccc6cccc7c6c5c(c4)n7-c4ccc5ccccc5c4)cc3)cc2)cc1. The second-order valence-electron chi connectivity index (χ2n) is 14.6. The van der Waals surface area contributed by atoms with Gasteiger partial charge in [-0.3, -0.25) is 0 Å². The fourth-order valence-electron chi connectivity index (χ4n) is 8.57. The lowest BCUT2D eigenvalue weighted by atomic mass is 9.97. The van der Waals surface area contributed by atoms with Gasteiger partial charge in [0.25, 0.3) is 0 Å². The van der Waals surface area contributed by atoms with Crippen LogP contribution in [0.15, 0.2) is 218 Å². The van der Waals surface area contributed by atoms with Crippen LogP contribution in [0.1, 0.15) is 0 Å². The molecule has 11 rings (SSSR count). The molecule has 1 heterocycles. The summed E-state index contributed by atoms with van der Waals surface area (Å²) in [5, 5.41) is 7.65. The van der Waals surface area contributed by atoms with Crippen molar-refractivity contribution in [3.63, 3.8) is 0 Å². The molecule has 56 heavy (non-hydrogen) atoms. The maximum Gasteiger partial charge on any atom is 0.0553 e. The second kappa shape index (κ2) is 13.2. The molecule has 0 unspecified atom stereocenters. The van der Waals surface area contributed by atoms with Crippen molar-refractivity contribution < 1.29 is 0 Å². The number of hydrogen-bond acceptors (Lipinski definition) is 1. The number of hydrogen-bond donors (Lipinski definition) is 0. The average Bonchev–Trinajstić information content (AvgIpc) is 3.62. The molecule has 0 aliphatic carbocycles. The lowest BCUT2D eigenvalue weighted by Crippen LogP contribution is -2.09. The largest absolute Gasteiger partial charge is 0.311 e. The fourth-order valence-corrected chi connectivity index (χ4v) is 8.57. The van der Waals surface area contributed by atoms with Crippen LogP contribution in [-0.2, 0) is 0 Å². The number of rotatable bonds is 7. The molecule has 0 saturated heterocycles. The second-order valence-corrected chi connectivity index (χ2v) is 14.6. The normalized spacial score (nSPS) is 11.6. The van der Waals surface area contributed by atoms with Crippen molar-refractivity contribution in [3.8, 4) is 39.1 Å². The van der Waals surface area contributed by atoms with E-state index in [1.54, 1.807) is 0 Å². The highest BCUT2D eigenvalue weighted by Crippen LogP contribution is 2.43. The number of fused-ring (bicyclic) bond motifs is 1. The Morgan fingerprint density at radius 3 is 1.34 bits per heavy atom. The molecule has 11 aromatic rings. The zero-order chi connectivity index (χ0) is 37.0. The first-order valence-electron chi connectivity index (χ1n) is 19.3. The number of anilines is 3. The monoisotopic (exact) mass is 712 g/mol. The summed E-state index contributed by atoms with van der Waals surface area (Å²) in [7, 11) is 0. The van der Waals surface area contributed by atoms with Crippen LogP contribution in [-0.4, -0.2) is 4.57 Å². The van der Waals surface area contributed by atoms with E-state index in [0.29, 0.717) is 0 Å². The molecule has 262 valence electrons. The van der Waals surface area contributed by atoms with Crippen LogP contribution in [0.2, 0.25) is 0 Å². The molecule has 0 spiro atoms. The van der Waals surface area contributed by atoms with E-state index in [2.05, 4.69) is 228 Å². The predicted molar refractivity (Wildman–Crippen MR) is 238 cm³/mol. The first kappa shape index (κ1) is 32.0. The van der Waals surface area contributed by atoms with E-state index in [1.807, 2.05) is 0 Å². The van der Waals surface area contributed by atoms with Gasteiger partial charge in [-0.2, -0.15) is 0 Å². The lowest BCUT2D eigenvalue weighted by Gasteiger charge is -2.26. The Balaban J connectivity index is 1.02. The van der Waals surface area contributed by atoms with Crippen LogP contribution in [0, 0.1) is 0 Å². The lowest BCUT2D eigenvalue weighted by molar-refractivity contribution is 1.19. The fraction of sp³-hybridized carbons (Fsp3) is 0. The minimum absolute atomic E-state index is 1.10. The summed E-state index contributed by atoms with van der Waals surface area (Å²) >= 11 is 0. The molecule has 0 aliphatic heterocycles. The van der Waals surface area contributed by atoms with Gasteiger partial charge in [-0.25, -0.2) is 0 Å². The smallest absolute Gasteiger partial charge is 0.0553 e. The van der Waals surface area contributed by atoms with E-state index in [1.165, 1.54) is 82.4 Å². The van der Waals surface area contributed by atoms with Gasteiger partial charge >= 0.3 is 0 Å². The van der Waals surface area contributed by atoms with Crippen LogP contribution in [0.4, 0.5) is 17.1 Å². The summed E-state index contributed by atoms with van der Waals surface area (Å²) in [5.41, 5.74) is 14.2. The van der Waals surface area contributed by atoms with E-state index in [4.69, 9.17) is 0 Å². The van der Waals surface area contributed by atoms with Crippen molar-refractivity contribution in [2.45, 2.75) is 0 Å². The molecule has 10 aromatic carbocycles. The third-order valence-corrected chi connectivity index (χ3v) is 11.3. The molecule has 2 nitrogen and oxygen atoms in total. The summed E-state index contributed by atoms with van der Waals surface area (Å²) in [6, 6.07) is 79.4. The first-order chi connectivity index (χ1) is 27.7. The number of aromatic nitrogens is 1. The van der Waals surface area contributed by atoms with Crippen molar-refractivity contribution in [2.75, 3.05) is 4.90 Å². The highest BCUT2D eigenvalue weighted by atomic mass is 15.1. The topological polar surface area (TPSA) is 8.17 Å². The summed E-state index contributed by atoms with van der Waals surface area (Å²) in [4.78, 5) is 2.35. The van der Waals surface area contributed by atoms with Gasteiger partial charge in [0.15, 0.2) is 0 Å². The van der Waals surface area contributed by atoms with Crippen molar-refractivity contribution >= 4 is 60.4 Å². The van der Waals surface area contributed by atoms with Gasteiger partial charge in [0.2, 0.25) is 0 Å². The highest BCUT2D eigenvalue weighted by Gasteiger charge is 2.19. The molecule has 0 N–H and O–H groups in total. The van der Waals surface area contributed by atoms with Gasteiger partial charge in [-0.15, -0.1) is 0 Å². The van der Waals surface area contributed by atoms with Gasteiger partial charge in [0.1, 0.15) is 0 Å². The molecular weight excluding hydrogens is 677 g/mol. The zero-order valence-corrected chi connectivity index (χ0v) is 30.7. The maximum atomic E-state index is 2.45. The predicted octanol–water partition coefficient (Wildman–Crippen LogP) is 15.0. The molecule has 1 aromatic heterocycles. The van der Waals surface area contributed by atoms with E-state index in [-0.39, 0.29) is 0 Å². The Kier molecular flexibility index (Phi) is 7.53. The van der Waals surface area contributed by atoms with Gasteiger partial charge in [-0.05, 0) is 122 Å². The summed E-state index contributed by atoms with van der Waals surface area (Å²) in [6.07, 6.45) is 0. The first-order valence-corrected chi connectivity index (χ1v) is 19.3. The molecule has 2 heteroatoms. The van der Waals surface area contributed by atoms with Crippen molar-refractivity contribution in [3.05, 3.63) is 218 Å². The molecule has 0 bridgehead atoms. The van der Waals surface area contributed by atoms with Gasteiger partial charge in [-0.1, -0.05) is 152 Å².